The van der Waals surface area contributed by atoms with Crippen LogP contribution in [0.4, 0.5) is 5.95 Å². The van der Waals surface area contributed by atoms with Crippen molar-refractivity contribution >= 4 is 25.6 Å². The molecule has 0 saturated carbocycles. The molecule has 0 fully saturated rings. The molecular weight excluding hydrogens is 440 g/mol. The first kappa shape index (κ1) is 24.4. The van der Waals surface area contributed by atoms with Crippen LogP contribution in [0, 0.1) is 6.92 Å². The van der Waals surface area contributed by atoms with E-state index in [0.717, 1.165) is 39.8 Å². The summed E-state index contributed by atoms with van der Waals surface area (Å²) in [7, 11) is -1.20. The highest BCUT2D eigenvalue weighted by Gasteiger charge is 2.21. The zero-order valence-electron chi connectivity index (χ0n) is 19.6. The van der Waals surface area contributed by atoms with E-state index in [1.54, 1.807) is 6.20 Å². The molecule has 0 bridgehead atoms. The molecule has 0 aliphatic rings. The summed E-state index contributed by atoms with van der Waals surface area (Å²) in [6, 6.07) is 11.0. The molecule has 172 valence electrons. The molecule has 3 aromatic rings. The van der Waals surface area contributed by atoms with Gasteiger partial charge in [0.1, 0.15) is 6.73 Å². The Kier molecular flexibility index (Phi) is 8.11. The summed E-state index contributed by atoms with van der Waals surface area (Å²) < 4.78 is 14.2. The van der Waals surface area contributed by atoms with Gasteiger partial charge in [-0.15, -0.1) is 0 Å². The first-order chi connectivity index (χ1) is 15.2. The predicted octanol–water partition coefficient (Wildman–Crippen LogP) is 6.00. The average molecular weight is 473 g/mol. The van der Waals surface area contributed by atoms with E-state index >= 15 is 0 Å². The van der Waals surface area contributed by atoms with Gasteiger partial charge in [0.15, 0.2) is 0 Å². The highest BCUT2D eigenvalue weighted by molar-refractivity contribution is 6.76. The summed E-state index contributed by atoms with van der Waals surface area (Å²) in [6.07, 6.45) is 1.67. The fourth-order valence-electron chi connectivity index (χ4n) is 3.49. The van der Waals surface area contributed by atoms with Gasteiger partial charge >= 0.3 is 0 Å². The van der Waals surface area contributed by atoms with E-state index in [2.05, 4.69) is 47.2 Å². The molecule has 6 nitrogen and oxygen atoms in total. The van der Waals surface area contributed by atoms with Crippen LogP contribution in [0.3, 0.4) is 0 Å². The molecule has 1 aromatic carbocycles. The third-order valence-corrected chi connectivity index (χ3v) is 7.18. The van der Waals surface area contributed by atoms with Crippen LogP contribution in [0.25, 0.3) is 22.6 Å². The Morgan fingerprint density at radius 1 is 1.12 bits per heavy atom. The fraction of sp³-hybridized carbons (Fsp3) is 0.417. The van der Waals surface area contributed by atoms with E-state index in [0.29, 0.717) is 31.6 Å². The number of ether oxygens (including phenoxy) is 2. The van der Waals surface area contributed by atoms with Crippen molar-refractivity contribution < 1.29 is 9.47 Å². The molecule has 3 rings (SSSR count). The van der Waals surface area contributed by atoms with Crippen LogP contribution >= 0.6 is 11.6 Å². The Hall–Kier alpha value is -2.19. The molecule has 0 radical (unpaired) electrons. The Morgan fingerprint density at radius 2 is 1.91 bits per heavy atom. The second-order valence-electron chi connectivity index (χ2n) is 9.08. The van der Waals surface area contributed by atoms with Gasteiger partial charge < -0.3 is 19.8 Å². The number of nitrogens with zero attached hydrogens (tertiary/aromatic N) is 3. The molecule has 2 heterocycles. The molecule has 2 aromatic heterocycles. The Morgan fingerprint density at radius 3 is 2.59 bits per heavy atom. The maximum Gasteiger partial charge on any atom is 0.220 e. The van der Waals surface area contributed by atoms with E-state index in [1.165, 1.54) is 0 Å². The molecule has 0 aliphatic heterocycles. The molecule has 0 atom stereocenters. The van der Waals surface area contributed by atoms with Crippen molar-refractivity contribution in [2.24, 2.45) is 0 Å². The van der Waals surface area contributed by atoms with E-state index < -0.39 is 8.07 Å². The number of hydrogen-bond donors (Lipinski definition) is 1. The van der Waals surface area contributed by atoms with Gasteiger partial charge in [-0.25, -0.2) is 9.97 Å². The van der Waals surface area contributed by atoms with Gasteiger partial charge in [-0.05, 0) is 49.7 Å². The van der Waals surface area contributed by atoms with Crippen LogP contribution in [0.5, 0.6) is 0 Å². The van der Waals surface area contributed by atoms with Crippen molar-refractivity contribution in [2.75, 3.05) is 18.9 Å². The molecule has 2 N–H and O–H groups in total. The second kappa shape index (κ2) is 10.6. The maximum atomic E-state index is 6.39. The zero-order valence-corrected chi connectivity index (χ0v) is 21.4. The van der Waals surface area contributed by atoms with Gasteiger partial charge in [0.2, 0.25) is 5.95 Å². The first-order valence-corrected chi connectivity index (χ1v) is 15.0. The molecule has 0 aliphatic carbocycles. The lowest BCUT2D eigenvalue weighted by Crippen LogP contribution is -2.22. The van der Waals surface area contributed by atoms with Crippen molar-refractivity contribution in [1.29, 1.82) is 0 Å². The van der Waals surface area contributed by atoms with E-state index in [4.69, 9.17) is 26.8 Å². The van der Waals surface area contributed by atoms with Crippen molar-refractivity contribution in [1.82, 2.24) is 14.5 Å². The van der Waals surface area contributed by atoms with Crippen molar-refractivity contribution in [3.05, 3.63) is 52.7 Å². The number of aryl methyl sites for hydroxylation is 1. The lowest BCUT2D eigenvalue weighted by atomic mass is 10.0. The van der Waals surface area contributed by atoms with E-state index in [1.807, 2.05) is 31.2 Å². The molecule has 0 spiro atoms. The number of nitrogen functional groups attached to an aromatic ring is 1. The number of benzene rings is 1. The van der Waals surface area contributed by atoms with Gasteiger partial charge in [-0.2, -0.15) is 0 Å². The van der Waals surface area contributed by atoms with Crippen molar-refractivity contribution in [3.8, 4) is 22.6 Å². The summed E-state index contributed by atoms with van der Waals surface area (Å²) >= 11 is 6.39. The smallest absolute Gasteiger partial charge is 0.220 e. The molecule has 0 amide bonds. The maximum absolute atomic E-state index is 6.39. The lowest BCUT2D eigenvalue weighted by Gasteiger charge is -2.19. The Balaban J connectivity index is 2.13. The number of nitrogens with two attached hydrogens (primary N) is 1. The summed E-state index contributed by atoms with van der Waals surface area (Å²) in [5.74, 6) is 0.238. The molecule has 0 saturated heterocycles. The topological polar surface area (TPSA) is 75.2 Å². The van der Waals surface area contributed by atoms with Crippen LogP contribution in [-0.2, 0) is 22.8 Å². The largest absolute Gasteiger partial charge is 0.377 e. The summed E-state index contributed by atoms with van der Waals surface area (Å²) in [5.41, 5.74) is 11.8. The third-order valence-electron chi connectivity index (χ3n) is 5.25. The van der Waals surface area contributed by atoms with E-state index in [-0.39, 0.29) is 5.95 Å². The van der Waals surface area contributed by atoms with E-state index in [9.17, 15) is 0 Å². The molecule has 32 heavy (non-hydrogen) atoms. The highest BCUT2D eigenvalue weighted by Crippen LogP contribution is 2.36. The van der Waals surface area contributed by atoms with Crippen LogP contribution in [0.2, 0.25) is 30.7 Å². The number of hydrogen-bond acceptors (Lipinski definition) is 5. The Labute approximate surface area is 196 Å². The highest BCUT2D eigenvalue weighted by atomic mass is 35.5. The number of halogens is 1. The summed E-state index contributed by atoms with van der Waals surface area (Å²) in [5, 5.41) is 0.688. The molecule has 0 unspecified atom stereocenters. The molecule has 8 heteroatoms. The minimum atomic E-state index is -1.20. The molecular formula is C24H33ClN4O2Si. The summed E-state index contributed by atoms with van der Waals surface area (Å²) in [4.78, 5) is 8.52. The normalized spacial score (nSPS) is 11.8. The first-order valence-electron chi connectivity index (χ1n) is 10.9. The van der Waals surface area contributed by atoms with Crippen LogP contribution < -0.4 is 5.73 Å². The van der Waals surface area contributed by atoms with Gasteiger partial charge in [-0.1, -0.05) is 37.3 Å². The van der Waals surface area contributed by atoms with Crippen molar-refractivity contribution in [3.63, 3.8) is 0 Å². The SMILES string of the molecule is CCOCc1cc(-c2ccnc(N)n2)n(COCC[Si](C)(C)C)c1-c1cc(Cl)ccc1C. The van der Waals surface area contributed by atoms with Gasteiger partial charge in [0.05, 0.1) is 23.7 Å². The predicted molar refractivity (Wildman–Crippen MR) is 134 cm³/mol. The third kappa shape index (κ3) is 6.19. The second-order valence-corrected chi connectivity index (χ2v) is 15.1. The quantitative estimate of drug-likeness (QED) is 0.289. The summed E-state index contributed by atoms with van der Waals surface area (Å²) in [6.45, 7) is 13.3. The van der Waals surface area contributed by atoms with Crippen LogP contribution in [-0.4, -0.2) is 35.8 Å². The van der Waals surface area contributed by atoms with Crippen LogP contribution in [0.1, 0.15) is 18.1 Å². The number of rotatable bonds is 10. The van der Waals surface area contributed by atoms with Gasteiger partial charge in [0, 0.05) is 43.6 Å². The number of anilines is 1. The van der Waals surface area contributed by atoms with Gasteiger partial charge in [-0.3, -0.25) is 0 Å². The fourth-order valence-corrected chi connectivity index (χ4v) is 4.42. The standard InChI is InChI=1S/C24H33ClN4O2Si/c1-6-30-15-18-13-22(21-9-10-27-24(26)28-21)29(16-31-11-12-32(3,4)5)23(18)20-14-19(25)8-7-17(20)2/h7-10,13-14H,6,11-12,15-16H2,1-5H3,(H2,26,27,28). The Bertz CT molecular complexity index is 1060. The lowest BCUT2D eigenvalue weighted by molar-refractivity contribution is 0.0890. The minimum Gasteiger partial charge on any atom is -0.377 e. The number of aromatic nitrogens is 3. The zero-order chi connectivity index (χ0) is 23.3. The average Bonchev–Trinajstić information content (AvgIpc) is 3.09. The van der Waals surface area contributed by atoms with Crippen LogP contribution in [0.15, 0.2) is 36.5 Å². The van der Waals surface area contributed by atoms with Gasteiger partial charge in [0.25, 0.3) is 0 Å². The van der Waals surface area contributed by atoms with Crippen molar-refractivity contribution in [2.45, 2.75) is 52.9 Å². The minimum absolute atomic E-state index is 0.238. The monoisotopic (exact) mass is 472 g/mol.